The van der Waals surface area contributed by atoms with E-state index in [0.717, 1.165) is 37.1 Å². The van der Waals surface area contributed by atoms with E-state index in [1.807, 2.05) is 71.8 Å². The molecule has 178 valence electrons. The molecule has 4 rings (SSSR count). The van der Waals surface area contributed by atoms with Crippen LogP contribution in [0.4, 0.5) is 0 Å². The van der Waals surface area contributed by atoms with Crippen molar-refractivity contribution in [1.82, 2.24) is 20.0 Å². The first-order valence-electron chi connectivity index (χ1n) is 12.3. The van der Waals surface area contributed by atoms with Gasteiger partial charge < -0.3 is 10.2 Å². The van der Waals surface area contributed by atoms with E-state index in [9.17, 15) is 9.59 Å². The summed E-state index contributed by atoms with van der Waals surface area (Å²) in [6.07, 6.45) is 5.07. The van der Waals surface area contributed by atoms with Crippen LogP contribution in [0.25, 0.3) is 16.9 Å². The summed E-state index contributed by atoms with van der Waals surface area (Å²) in [4.78, 5) is 27.7. The monoisotopic (exact) mass is 458 g/mol. The molecule has 0 radical (unpaired) electrons. The predicted molar refractivity (Wildman–Crippen MR) is 135 cm³/mol. The lowest BCUT2D eigenvalue weighted by molar-refractivity contribution is -0.122. The van der Waals surface area contributed by atoms with Crippen LogP contribution in [0, 0.1) is 11.8 Å². The normalized spacial score (nSPS) is 14.4. The molecule has 6 heteroatoms. The third kappa shape index (κ3) is 5.93. The molecular formula is C28H34N4O2. The number of carbonyl (C=O) groups excluding carboxylic acids is 2. The number of benzene rings is 2. The van der Waals surface area contributed by atoms with Crippen LogP contribution in [0.3, 0.4) is 0 Å². The summed E-state index contributed by atoms with van der Waals surface area (Å²) in [5.41, 5.74) is 3.15. The fraction of sp³-hybridized carbons (Fsp3) is 0.393. The van der Waals surface area contributed by atoms with Gasteiger partial charge in [0, 0.05) is 37.8 Å². The largest absolute Gasteiger partial charge is 0.356 e. The Bertz CT molecular complexity index is 1080. The first-order valence-corrected chi connectivity index (χ1v) is 12.3. The molecule has 0 aliphatic carbocycles. The molecule has 2 heterocycles. The minimum Gasteiger partial charge on any atom is -0.356 e. The summed E-state index contributed by atoms with van der Waals surface area (Å²) >= 11 is 0. The molecule has 1 fully saturated rings. The van der Waals surface area contributed by atoms with E-state index in [2.05, 4.69) is 19.2 Å². The number of aromatic nitrogens is 2. The highest BCUT2D eigenvalue weighted by Crippen LogP contribution is 2.27. The average molecular weight is 459 g/mol. The second-order valence-electron chi connectivity index (χ2n) is 9.51. The van der Waals surface area contributed by atoms with E-state index in [4.69, 9.17) is 5.10 Å². The number of nitrogens with one attached hydrogen (secondary N) is 1. The van der Waals surface area contributed by atoms with Crippen molar-refractivity contribution in [2.24, 2.45) is 11.8 Å². The van der Waals surface area contributed by atoms with Crippen molar-refractivity contribution in [2.45, 2.75) is 39.5 Å². The lowest BCUT2D eigenvalue weighted by atomic mass is 9.92. The lowest BCUT2D eigenvalue weighted by Crippen LogP contribution is -2.39. The summed E-state index contributed by atoms with van der Waals surface area (Å²) in [5.74, 6) is 1.03. The fourth-order valence-electron chi connectivity index (χ4n) is 4.40. The van der Waals surface area contributed by atoms with E-state index in [1.54, 1.807) is 4.68 Å². The summed E-state index contributed by atoms with van der Waals surface area (Å²) < 4.78 is 1.78. The standard InChI is InChI=1S/C28H34N4O2/c1-21(2)13-16-29-26(33)19-22-14-17-31(18-15-22)28(34)25-20-32(24-11-7-4-8-12-24)30-27(25)23-9-5-3-6-10-23/h3-12,20-22H,13-19H2,1-2H3,(H,29,33). The minimum absolute atomic E-state index is 0.000805. The van der Waals surface area contributed by atoms with Gasteiger partial charge in [0.15, 0.2) is 0 Å². The van der Waals surface area contributed by atoms with Crippen molar-refractivity contribution in [3.05, 3.63) is 72.4 Å². The Balaban J connectivity index is 1.44. The van der Waals surface area contributed by atoms with E-state index < -0.39 is 0 Å². The molecule has 1 aromatic heterocycles. The molecular weight excluding hydrogens is 424 g/mol. The molecule has 2 amide bonds. The van der Waals surface area contributed by atoms with Crippen molar-refractivity contribution < 1.29 is 9.59 Å². The van der Waals surface area contributed by atoms with Crippen molar-refractivity contribution in [3.63, 3.8) is 0 Å². The number of hydrogen-bond acceptors (Lipinski definition) is 3. The van der Waals surface area contributed by atoms with E-state index in [0.29, 0.717) is 42.6 Å². The Hall–Kier alpha value is -3.41. The quantitative estimate of drug-likeness (QED) is 0.520. The molecule has 0 spiro atoms. The van der Waals surface area contributed by atoms with Crippen LogP contribution in [0.15, 0.2) is 66.9 Å². The third-order valence-corrected chi connectivity index (χ3v) is 6.43. The van der Waals surface area contributed by atoms with Crippen LogP contribution in [-0.4, -0.2) is 46.1 Å². The molecule has 6 nitrogen and oxygen atoms in total. The van der Waals surface area contributed by atoms with Crippen LogP contribution in [0.2, 0.25) is 0 Å². The van der Waals surface area contributed by atoms with Gasteiger partial charge in [0.25, 0.3) is 5.91 Å². The number of likely N-dealkylation sites (tertiary alicyclic amines) is 1. The molecule has 0 atom stereocenters. The molecule has 34 heavy (non-hydrogen) atoms. The van der Waals surface area contributed by atoms with Gasteiger partial charge in [-0.15, -0.1) is 0 Å². The summed E-state index contributed by atoms with van der Waals surface area (Å²) in [5, 5.41) is 7.81. The molecule has 0 bridgehead atoms. The summed E-state index contributed by atoms with van der Waals surface area (Å²) in [6, 6.07) is 19.7. The number of hydrogen-bond donors (Lipinski definition) is 1. The minimum atomic E-state index is 0.000805. The van der Waals surface area contributed by atoms with E-state index in [-0.39, 0.29) is 11.8 Å². The number of nitrogens with zero attached hydrogens (tertiary/aromatic N) is 3. The van der Waals surface area contributed by atoms with Gasteiger partial charge in [-0.25, -0.2) is 4.68 Å². The number of carbonyl (C=O) groups is 2. The highest BCUT2D eigenvalue weighted by Gasteiger charge is 2.28. The van der Waals surface area contributed by atoms with Gasteiger partial charge in [-0.3, -0.25) is 9.59 Å². The van der Waals surface area contributed by atoms with E-state index >= 15 is 0 Å². The van der Waals surface area contributed by atoms with Gasteiger partial charge in [-0.2, -0.15) is 5.10 Å². The fourth-order valence-corrected chi connectivity index (χ4v) is 4.40. The van der Waals surface area contributed by atoms with Crippen LogP contribution in [-0.2, 0) is 4.79 Å². The van der Waals surface area contributed by atoms with Gasteiger partial charge in [0.05, 0.1) is 11.3 Å². The first-order chi connectivity index (χ1) is 16.5. The SMILES string of the molecule is CC(C)CCNC(=O)CC1CCN(C(=O)c2cn(-c3ccccc3)nc2-c2ccccc2)CC1. The molecule has 1 N–H and O–H groups in total. The Labute approximate surface area is 202 Å². The number of amides is 2. The maximum atomic E-state index is 13.6. The van der Waals surface area contributed by atoms with Crippen LogP contribution < -0.4 is 5.32 Å². The third-order valence-electron chi connectivity index (χ3n) is 6.43. The molecule has 0 saturated carbocycles. The average Bonchev–Trinajstić information content (AvgIpc) is 3.30. The molecule has 0 unspecified atom stereocenters. The zero-order valence-corrected chi connectivity index (χ0v) is 20.1. The molecule has 3 aromatic rings. The lowest BCUT2D eigenvalue weighted by Gasteiger charge is -2.31. The Morgan fingerprint density at radius 2 is 1.65 bits per heavy atom. The molecule has 2 aromatic carbocycles. The zero-order chi connectivity index (χ0) is 23.9. The van der Waals surface area contributed by atoms with Gasteiger partial charge in [-0.1, -0.05) is 62.4 Å². The van der Waals surface area contributed by atoms with Crippen molar-refractivity contribution >= 4 is 11.8 Å². The van der Waals surface area contributed by atoms with Crippen LogP contribution >= 0.6 is 0 Å². The highest BCUT2D eigenvalue weighted by molar-refractivity contribution is 6.00. The van der Waals surface area contributed by atoms with Gasteiger partial charge in [-0.05, 0) is 43.2 Å². The van der Waals surface area contributed by atoms with Crippen LogP contribution in [0.5, 0.6) is 0 Å². The first kappa shape index (κ1) is 23.7. The van der Waals surface area contributed by atoms with Gasteiger partial charge >= 0.3 is 0 Å². The zero-order valence-electron chi connectivity index (χ0n) is 20.1. The van der Waals surface area contributed by atoms with Gasteiger partial charge in [0.2, 0.25) is 5.91 Å². The second kappa shape index (κ2) is 11.1. The van der Waals surface area contributed by atoms with E-state index in [1.165, 1.54) is 0 Å². The van der Waals surface area contributed by atoms with Crippen LogP contribution in [0.1, 0.15) is 49.9 Å². The Morgan fingerprint density at radius 1 is 1.00 bits per heavy atom. The van der Waals surface area contributed by atoms with Crippen molar-refractivity contribution in [3.8, 4) is 16.9 Å². The Morgan fingerprint density at radius 3 is 2.29 bits per heavy atom. The predicted octanol–water partition coefficient (Wildman–Crippen LogP) is 4.94. The molecule has 1 saturated heterocycles. The second-order valence-corrected chi connectivity index (χ2v) is 9.51. The maximum absolute atomic E-state index is 13.6. The maximum Gasteiger partial charge on any atom is 0.257 e. The van der Waals surface area contributed by atoms with Gasteiger partial charge in [0.1, 0.15) is 5.69 Å². The van der Waals surface area contributed by atoms with Crippen molar-refractivity contribution in [2.75, 3.05) is 19.6 Å². The highest BCUT2D eigenvalue weighted by atomic mass is 16.2. The summed E-state index contributed by atoms with van der Waals surface area (Å²) in [7, 11) is 0. The smallest absolute Gasteiger partial charge is 0.257 e. The summed E-state index contributed by atoms with van der Waals surface area (Å²) in [6.45, 7) is 6.37. The number of para-hydroxylation sites is 1. The number of rotatable bonds is 8. The Kier molecular flexibility index (Phi) is 7.78. The van der Waals surface area contributed by atoms with Crippen molar-refractivity contribution in [1.29, 1.82) is 0 Å². The molecule has 1 aliphatic rings. The number of piperidine rings is 1. The topological polar surface area (TPSA) is 67.2 Å². The molecule has 1 aliphatic heterocycles.